The molecule has 0 spiro atoms. The molecule has 0 atom stereocenters. The second kappa shape index (κ2) is 10.6. The summed E-state index contributed by atoms with van der Waals surface area (Å²) in [5.74, 6) is -2.67. The van der Waals surface area contributed by atoms with Gasteiger partial charge >= 0.3 is 18.1 Å². The van der Waals surface area contributed by atoms with Gasteiger partial charge < -0.3 is 9.32 Å². The van der Waals surface area contributed by atoms with Crippen molar-refractivity contribution in [1.29, 1.82) is 0 Å². The fourth-order valence-corrected chi connectivity index (χ4v) is 4.33. The number of hydrogen-bond donors (Lipinski definition) is 0. The van der Waals surface area contributed by atoms with E-state index in [2.05, 4.69) is 19.6 Å². The zero-order valence-corrected chi connectivity index (χ0v) is 20.2. The average molecular weight is 526 g/mol. The lowest BCUT2D eigenvalue weighted by atomic mass is 10.1. The predicted octanol–water partition coefficient (Wildman–Crippen LogP) is 6.57. The summed E-state index contributed by atoms with van der Waals surface area (Å²) in [5, 5.41) is 6.36. The van der Waals surface area contributed by atoms with Crippen molar-refractivity contribution in [2.75, 3.05) is 18.0 Å². The summed E-state index contributed by atoms with van der Waals surface area (Å²) in [6.07, 6.45) is 1.46. The van der Waals surface area contributed by atoms with Crippen LogP contribution in [0.1, 0.15) is 30.7 Å². The Morgan fingerprint density at radius 2 is 1.68 bits per heavy atom. The Morgan fingerprint density at radius 3 is 2.32 bits per heavy atom. The molecule has 1 aliphatic heterocycles. The number of alkyl halides is 3. The van der Waals surface area contributed by atoms with Crippen molar-refractivity contribution in [3.05, 3.63) is 84.3 Å². The Hall–Kier alpha value is -4.28. The molecule has 11 heteroatoms. The third-order valence-corrected chi connectivity index (χ3v) is 6.33. The molecule has 5 rings (SSSR count). The van der Waals surface area contributed by atoms with E-state index in [1.807, 2.05) is 24.3 Å². The number of carbonyl (C=O) groups excluding carboxylic acids is 1. The second-order valence-electron chi connectivity index (χ2n) is 8.92. The third kappa shape index (κ3) is 5.51. The number of carbonyl (C=O) groups is 1. The van der Waals surface area contributed by atoms with E-state index in [1.165, 1.54) is 17.0 Å². The average Bonchev–Trinajstić information content (AvgIpc) is 3.45. The zero-order valence-electron chi connectivity index (χ0n) is 20.2. The Labute approximate surface area is 215 Å². The van der Waals surface area contributed by atoms with Crippen molar-refractivity contribution in [3.8, 4) is 22.6 Å². The van der Waals surface area contributed by atoms with Gasteiger partial charge in [0.05, 0.1) is 6.54 Å². The number of rotatable bonds is 5. The van der Waals surface area contributed by atoms with E-state index in [0.29, 0.717) is 18.8 Å². The van der Waals surface area contributed by atoms with Crippen molar-refractivity contribution >= 4 is 11.7 Å². The summed E-state index contributed by atoms with van der Waals surface area (Å²) in [6.45, 7) is 1.15. The summed E-state index contributed by atoms with van der Waals surface area (Å²) in [5.41, 5.74) is 2.61. The van der Waals surface area contributed by atoms with Crippen LogP contribution in [-0.4, -0.2) is 39.2 Å². The topological polar surface area (TPSA) is 75.4 Å². The van der Waals surface area contributed by atoms with Gasteiger partial charge in [0.1, 0.15) is 5.82 Å². The van der Waals surface area contributed by atoms with Crippen LogP contribution in [0.5, 0.6) is 0 Å². The molecule has 1 fully saturated rings. The van der Waals surface area contributed by atoms with Crippen LogP contribution < -0.4 is 4.90 Å². The van der Waals surface area contributed by atoms with Gasteiger partial charge in [-0.2, -0.15) is 13.2 Å². The lowest BCUT2D eigenvalue weighted by molar-refractivity contribution is -0.156. The van der Waals surface area contributed by atoms with Crippen LogP contribution in [0.3, 0.4) is 0 Å². The molecule has 4 aromatic rings. The van der Waals surface area contributed by atoms with Crippen LogP contribution in [0, 0.1) is 5.82 Å². The van der Waals surface area contributed by atoms with Crippen molar-refractivity contribution in [1.82, 2.24) is 20.1 Å². The zero-order chi connectivity index (χ0) is 26.7. The fourth-order valence-electron chi connectivity index (χ4n) is 4.33. The Balaban J connectivity index is 1.43. The minimum Gasteiger partial charge on any atom is -0.413 e. The maximum Gasteiger partial charge on any atom is 0.470 e. The number of likely N-dealkylation sites (tertiary alicyclic amines) is 1. The Kier molecular flexibility index (Phi) is 7.08. The van der Waals surface area contributed by atoms with Gasteiger partial charge in [0.15, 0.2) is 0 Å². The molecule has 1 saturated heterocycles. The first kappa shape index (κ1) is 25.4. The van der Waals surface area contributed by atoms with Gasteiger partial charge in [-0.05, 0) is 60.7 Å². The number of benzene rings is 2. The highest BCUT2D eigenvalue weighted by Crippen LogP contribution is 2.31. The molecule has 0 radical (unpaired) electrons. The summed E-state index contributed by atoms with van der Waals surface area (Å²) in [4.78, 5) is 20.9. The highest BCUT2D eigenvalue weighted by atomic mass is 19.4. The predicted molar refractivity (Wildman–Crippen MR) is 131 cm³/mol. The first-order chi connectivity index (χ1) is 18.3. The number of pyridine rings is 1. The first-order valence-corrected chi connectivity index (χ1v) is 12.1. The molecular weight excluding hydrogens is 502 g/mol. The largest absolute Gasteiger partial charge is 0.470 e. The number of aromatic nitrogens is 3. The molecule has 196 valence electrons. The summed E-state index contributed by atoms with van der Waals surface area (Å²) >= 11 is 0. The molecule has 7 nitrogen and oxygen atoms in total. The molecular formula is C27H23F4N5O2. The molecule has 38 heavy (non-hydrogen) atoms. The van der Waals surface area contributed by atoms with Gasteiger partial charge in [-0.1, -0.05) is 24.3 Å². The SMILES string of the molecule is O=C(N1CCCCC1)N(Cc1ccc(-c2nnc(C(F)(F)F)o2)cc1F)c1ccc(-c2cccnc2)cc1. The second-order valence-corrected chi connectivity index (χ2v) is 8.92. The molecule has 0 unspecified atom stereocenters. The van der Waals surface area contributed by atoms with Crippen LogP contribution in [0.15, 0.2) is 71.4 Å². The summed E-state index contributed by atoms with van der Waals surface area (Å²) in [7, 11) is 0. The van der Waals surface area contributed by atoms with Crippen LogP contribution in [0.2, 0.25) is 0 Å². The third-order valence-electron chi connectivity index (χ3n) is 6.33. The normalized spacial score (nSPS) is 13.9. The van der Waals surface area contributed by atoms with Crippen LogP contribution >= 0.6 is 0 Å². The van der Waals surface area contributed by atoms with Crippen molar-refractivity contribution in [3.63, 3.8) is 0 Å². The van der Waals surface area contributed by atoms with Gasteiger partial charge in [0.2, 0.25) is 5.89 Å². The molecule has 0 aliphatic carbocycles. The smallest absolute Gasteiger partial charge is 0.413 e. The summed E-state index contributed by atoms with van der Waals surface area (Å²) < 4.78 is 58.2. The standard InChI is InChI=1S/C27H23F4N5O2/c28-23-15-19(24-33-34-25(38-24)27(29,30)31)6-7-21(23)17-36(26(37)35-13-2-1-3-14-35)22-10-8-18(9-11-22)20-5-4-12-32-16-20/h4-12,15-16H,1-3,13-14,17H2. The minimum atomic E-state index is -4.80. The number of amides is 2. The van der Waals surface area contributed by atoms with Gasteiger partial charge in [-0.15, -0.1) is 10.2 Å². The maximum absolute atomic E-state index is 15.2. The van der Waals surface area contributed by atoms with Crippen LogP contribution in [0.4, 0.5) is 28.0 Å². The lowest BCUT2D eigenvalue weighted by Gasteiger charge is -2.33. The van der Waals surface area contributed by atoms with E-state index in [1.54, 1.807) is 29.4 Å². The molecule has 3 heterocycles. The molecule has 0 N–H and O–H groups in total. The van der Waals surface area contributed by atoms with Gasteiger partial charge in [0, 0.05) is 42.3 Å². The van der Waals surface area contributed by atoms with E-state index in [9.17, 15) is 18.0 Å². The molecule has 1 aliphatic rings. The minimum absolute atomic E-state index is 0.00369. The number of urea groups is 1. The lowest BCUT2D eigenvalue weighted by Crippen LogP contribution is -2.45. The number of nitrogens with zero attached hydrogens (tertiary/aromatic N) is 5. The number of hydrogen-bond acceptors (Lipinski definition) is 5. The number of anilines is 1. The van der Waals surface area contributed by atoms with Gasteiger partial charge in [0.25, 0.3) is 0 Å². The van der Waals surface area contributed by atoms with Crippen LogP contribution in [0.25, 0.3) is 22.6 Å². The Bertz CT molecular complexity index is 1400. The Morgan fingerprint density at radius 1 is 0.947 bits per heavy atom. The molecule has 2 aromatic heterocycles. The summed E-state index contributed by atoms with van der Waals surface area (Å²) in [6, 6.07) is 14.7. The maximum atomic E-state index is 15.2. The first-order valence-electron chi connectivity index (χ1n) is 12.1. The quantitative estimate of drug-likeness (QED) is 0.276. The van der Waals surface area contributed by atoms with E-state index in [-0.39, 0.29) is 23.7 Å². The number of piperidine rings is 1. The molecule has 2 amide bonds. The molecule has 0 bridgehead atoms. The highest BCUT2D eigenvalue weighted by Gasteiger charge is 2.38. The van der Waals surface area contributed by atoms with E-state index >= 15 is 4.39 Å². The molecule has 0 saturated carbocycles. The van der Waals surface area contributed by atoms with Gasteiger partial charge in [-0.25, -0.2) is 9.18 Å². The van der Waals surface area contributed by atoms with Crippen molar-refractivity contribution < 1.29 is 26.8 Å². The molecule has 2 aromatic carbocycles. The van der Waals surface area contributed by atoms with Crippen LogP contribution in [-0.2, 0) is 12.7 Å². The van der Waals surface area contributed by atoms with Crippen molar-refractivity contribution in [2.45, 2.75) is 32.0 Å². The van der Waals surface area contributed by atoms with Crippen molar-refractivity contribution in [2.24, 2.45) is 0 Å². The monoisotopic (exact) mass is 525 g/mol. The number of halogens is 4. The van der Waals surface area contributed by atoms with E-state index in [4.69, 9.17) is 0 Å². The fraction of sp³-hybridized carbons (Fsp3) is 0.259. The highest BCUT2D eigenvalue weighted by molar-refractivity contribution is 5.92. The van der Waals surface area contributed by atoms with Gasteiger partial charge in [-0.3, -0.25) is 9.88 Å². The van der Waals surface area contributed by atoms with E-state index < -0.39 is 23.8 Å². The van der Waals surface area contributed by atoms with E-state index in [0.717, 1.165) is 36.5 Å².